The van der Waals surface area contributed by atoms with Gasteiger partial charge in [0.1, 0.15) is 5.82 Å². The molecule has 0 saturated carbocycles. The van der Waals surface area contributed by atoms with E-state index in [1.807, 2.05) is 17.9 Å². The highest BCUT2D eigenvalue weighted by Crippen LogP contribution is 2.17. The summed E-state index contributed by atoms with van der Waals surface area (Å²) in [5, 5.41) is 4.29. The van der Waals surface area contributed by atoms with Gasteiger partial charge in [-0.05, 0) is 32.8 Å². The second-order valence-corrected chi connectivity index (χ2v) is 6.97. The third kappa shape index (κ3) is 3.98. The molecule has 2 N–H and O–H groups in total. The van der Waals surface area contributed by atoms with Crippen LogP contribution >= 0.6 is 0 Å². The smallest absolute Gasteiger partial charge is 0.333 e. The first-order chi connectivity index (χ1) is 12.9. The number of anilines is 1. The summed E-state index contributed by atoms with van der Waals surface area (Å²) < 4.78 is 4.50. The lowest BCUT2D eigenvalue weighted by Gasteiger charge is -2.33. The van der Waals surface area contributed by atoms with Crippen LogP contribution in [0.15, 0.2) is 21.7 Å². The molecule has 0 amide bonds. The van der Waals surface area contributed by atoms with Gasteiger partial charge in [0.25, 0.3) is 5.56 Å². The second kappa shape index (κ2) is 7.84. The van der Waals surface area contributed by atoms with Gasteiger partial charge in [-0.3, -0.25) is 18.6 Å². The molecule has 1 atom stereocenters. The average molecular weight is 370 g/mol. The minimum atomic E-state index is -0.363. The average Bonchev–Trinajstić information content (AvgIpc) is 2.94. The maximum Gasteiger partial charge on any atom is 0.333 e. The summed E-state index contributed by atoms with van der Waals surface area (Å²) in [6.45, 7) is 5.43. The molecule has 1 aliphatic heterocycles. The van der Waals surface area contributed by atoms with Crippen LogP contribution in [0, 0.1) is 18.8 Å². The van der Waals surface area contributed by atoms with Crippen molar-refractivity contribution >= 4 is 5.82 Å². The van der Waals surface area contributed by atoms with Gasteiger partial charge in [0.2, 0.25) is 0 Å². The monoisotopic (exact) mass is 370 g/mol. The normalized spacial score (nSPS) is 16.9. The molecule has 0 spiro atoms. The number of hydrogen-bond donors (Lipinski definition) is 1. The van der Waals surface area contributed by atoms with Crippen LogP contribution in [0.25, 0.3) is 0 Å². The summed E-state index contributed by atoms with van der Waals surface area (Å²) in [6.07, 6.45) is 1.89. The zero-order chi connectivity index (χ0) is 19.6. The van der Waals surface area contributed by atoms with Gasteiger partial charge in [-0.15, -0.1) is 5.92 Å². The lowest BCUT2D eigenvalue weighted by atomic mass is 10.1. The quantitative estimate of drug-likeness (QED) is 0.768. The van der Waals surface area contributed by atoms with E-state index in [1.54, 1.807) is 23.2 Å². The minimum absolute atomic E-state index is 0.0411. The van der Waals surface area contributed by atoms with Crippen molar-refractivity contribution in [2.45, 2.75) is 45.8 Å². The highest BCUT2D eigenvalue weighted by Gasteiger charge is 2.22. The van der Waals surface area contributed by atoms with Gasteiger partial charge in [0, 0.05) is 32.2 Å². The van der Waals surface area contributed by atoms with Gasteiger partial charge in [-0.1, -0.05) is 5.92 Å². The number of aryl methyl sites for hydroxylation is 2. The molecule has 0 aliphatic carbocycles. The van der Waals surface area contributed by atoms with Crippen molar-refractivity contribution in [2.75, 3.05) is 18.0 Å². The highest BCUT2D eigenvalue weighted by atomic mass is 16.2. The first kappa shape index (κ1) is 19.0. The van der Waals surface area contributed by atoms with E-state index in [9.17, 15) is 9.59 Å². The van der Waals surface area contributed by atoms with E-state index >= 15 is 0 Å². The van der Waals surface area contributed by atoms with E-state index in [4.69, 9.17) is 5.73 Å². The molecule has 8 heteroatoms. The minimum Gasteiger partial charge on any atom is -0.356 e. The third-order valence-corrected chi connectivity index (χ3v) is 4.87. The van der Waals surface area contributed by atoms with Gasteiger partial charge in [-0.25, -0.2) is 4.79 Å². The molecule has 2 aromatic heterocycles. The van der Waals surface area contributed by atoms with E-state index in [-0.39, 0.29) is 30.4 Å². The van der Waals surface area contributed by atoms with Crippen molar-refractivity contribution in [3.8, 4) is 11.8 Å². The number of nitrogens with two attached hydrogens (primary N) is 1. The van der Waals surface area contributed by atoms with Crippen LogP contribution in [-0.2, 0) is 20.1 Å². The fraction of sp³-hybridized carbons (Fsp3) is 0.526. The zero-order valence-corrected chi connectivity index (χ0v) is 16.1. The molecule has 0 unspecified atom stereocenters. The van der Waals surface area contributed by atoms with Crippen LogP contribution in [0.4, 0.5) is 5.82 Å². The molecule has 1 fully saturated rings. The molecule has 1 aliphatic rings. The van der Waals surface area contributed by atoms with Crippen LogP contribution in [0.5, 0.6) is 0 Å². The summed E-state index contributed by atoms with van der Waals surface area (Å²) in [4.78, 5) is 27.9. The fourth-order valence-corrected chi connectivity index (χ4v) is 3.51. The van der Waals surface area contributed by atoms with Crippen molar-refractivity contribution < 1.29 is 0 Å². The lowest BCUT2D eigenvalue weighted by molar-refractivity contribution is 0.490. The third-order valence-electron chi connectivity index (χ3n) is 4.87. The Morgan fingerprint density at radius 2 is 2.07 bits per heavy atom. The summed E-state index contributed by atoms with van der Waals surface area (Å²) >= 11 is 0. The van der Waals surface area contributed by atoms with Crippen molar-refractivity contribution in [3.63, 3.8) is 0 Å². The van der Waals surface area contributed by atoms with Crippen molar-refractivity contribution in [1.29, 1.82) is 0 Å². The van der Waals surface area contributed by atoms with Crippen LogP contribution in [0.2, 0.25) is 0 Å². The number of aromatic nitrogens is 4. The predicted octanol–water partition coefficient (Wildman–Crippen LogP) is 0.0510. The van der Waals surface area contributed by atoms with Crippen molar-refractivity contribution in [3.05, 3.63) is 44.4 Å². The zero-order valence-electron chi connectivity index (χ0n) is 16.1. The fourth-order valence-electron chi connectivity index (χ4n) is 3.51. The van der Waals surface area contributed by atoms with Gasteiger partial charge < -0.3 is 10.6 Å². The second-order valence-electron chi connectivity index (χ2n) is 6.97. The molecule has 0 bridgehead atoms. The number of nitrogens with zero attached hydrogens (tertiary/aromatic N) is 5. The Kier molecular flexibility index (Phi) is 5.51. The molecule has 3 heterocycles. The van der Waals surface area contributed by atoms with Crippen LogP contribution < -0.4 is 21.9 Å². The van der Waals surface area contributed by atoms with Crippen LogP contribution in [-0.4, -0.2) is 38.0 Å². The maximum atomic E-state index is 13.1. The maximum absolute atomic E-state index is 13.1. The molecule has 0 radical (unpaired) electrons. The molecular formula is C19H26N6O2. The van der Waals surface area contributed by atoms with Crippen molar-refractivity contribution in [2.24, 2.45) is 12.8 Å². The molecule has 3 rings (SSSR count). The molecule has 1 saturated heterocycles. The predicted molar refractivity (Wildman–Crippen MR) is 105 cm³/mol. The highest BCUT2D eigenvalue weighted by molar-refractivity contribution is 5.40. The molecule has 0 aromatic carbocycles. The molecule has 27 heavy (non-hydrogen) atoms. The number of hydrogen-bond acceptors (Lipinski definition) is 5. The van der Waals surface area contributed by atoms with Gasteiger partial charge >= 0.3 is 5.69 Å². The van der Waals surface area contributed by atoms with Crippen molar-refractivity contribution in [1.82, 2.24) is 18.9 Å². The first-order valence-electron chi connectivity index (χ1n) is 9.15. The Hall–Kier alpha value is -2.79. The van der Waals surface area contributed by atoms with Gasteiger partial charge in [0.15, 0.2) is 0 Å². The molecule has 144 valence electrons. The Morgan fingerprint density at radius 1 is 1.30 bits per heavy atom. The van der Waals surface area contributed by atoms with E-state index in [0.717, 1.165) is 30.8 Å². The van der Waals surface area contributed by atoms with Gasteiger partial charge in [-0.2, -0.15) is 5.10 Å². The van der Waals surface area contributed by atoms with Crippen LogP contribution in [0.3, 0.4) is 0 Å². The Balaban J connectivity index is 2.08. The van der Waals surface area contributed by atoms with Crippen LogP contribution in [0.1, 0.15) is 31.2 Å². The SMILES string of the molecule is CC#CCn1c(N2CCC[C@@H](N)C2)cc(=O)n(Cc2cc(C)nn2C)c1=O. The Morgan fingerprint density at radius 3 is 2.70 bits per heavy atom. The molecular weight excluding hydrogens is 344 g/mol. The summed E-state index contributed by atoms with van der Waals surface area (Å²) in [5.74, 6) is 6.37. The largest absolute Gasteiger partial charge is 0.356 e. The van der Waals surface area contributed by atoms with E-state index in [0.29, 0.717) is 12.4 Å². The summed E-state index contributed by atoms with van der Waals surface area (Å²) in [6, 6.07) is 3.44. The topological polar surface area (TPSA) is 91.1 Å². The van der Waals surface area contributed by atoms with E-state index in [2.05, 4.69) is 16.9 Å². The summed E-state index contributed by atoms with van der Waals surface area (Å²) in [5.41, 5.74) is 7.04. The number of piperidine rings is 1. The molecule has 8 nitrogen and oxygen atoms in total. The van der Waals surface area contributed by atoms with Gasteiger partial charge in [0.05, 0.1) is 24.5 Å². The first-order valence-corrected chi connectivity index (χ1v) is 9.15. The lowest BCUT2D eigenvalue weighted by Crippen LogP contribution is -2.48. The standard InChI is InChI=1S/C19H26N6O2/c1-4-5-9-24-17(23-8-6-7-15(20)12-23)11-18(26)25(19(24)27)13-16-10-14(2)21-22(16)3/h10-11,15H,6-9,12-13,20H2,1-3H3/t15-/m1/s1. The number of rotatable bonds is 4. The molecule has 2 aromatic rings. The Labute approximate surface area is 158 Å². The summed E-state index contributed by atoms with van der Waals surface area (Å²) in [7, 11) is 1.80. The van der Waals surface area contributed by atoms with E-state index < -0.39 is 0 Å². The Bertz CT molecular complexity index is 1000. The van der Waals surface area contributed by atoms with E-state index in [1.165, 1.54) is 10.6 Å².